The lowest BCUT2D eigenvalue weighted by molar-refractivity contribution is -0.167. The number of esters is 3. The molecule has 0 spiro atoms. The van der Waals surface area contributed by atoms with Crippen molar-refractivity contribution in [2.45, 2.75) is 374 Å². The topological polar surface area (TPSA) is 78.9 Å². The molecule has 0 aromatic carbocycles. The third-order valence-electron chi connectivity index (χ3n) is 14.8. The molecule has 0 saturated carbocycles. The lowest BCUT2D eigenvalue weighted by Crippen LogP contribution is -2.30. The van der Waals surface area contributed by atoms with Gasteiger partial charge < -0.3 is 14.2 Å². The highest BCUT2D eigenvalue weighted by Crippen LogP contribution is 2.18. The number of carbonyl (C=O) groups excluding carboxylic acids is 3. The average molecular weight is 1000 g/mol. The molecular weight excluding hydrogens is 877 g/mol. The first-order valence-electron chi connectivity index (χ1n) is 32.2. The van der Waals surface area contributed by atoms with Crippen LogP contribution in [0.2, 0.25) is 0 Å². The molecule has 0 aliphatic rings. The highest BCUT2D eigenvalue weighted by Gasteiger charge is 2.19. The highest BCUT2D eigenvalue weighted by molar-refractivity contribution is 5.71. The van der Waals surface area contributed by atoms with Gasteiger partial charge in [-0.25, -0.2) is 0 Å². The molecule has 420 valence electrons. The van der Waals surface area contributed by atoms with E-state index in [-0.39, 0.29) is 31.1 Å². The van der Waals surface area contributed by atoms with Crippen LogP contribution in [-0.4, -0.2) is 37.2 Å². The van der Waals surface area contributed by atoms with Crippen molar-refractivity contribution < 1.29 is 28.6 Å². The summed E-state index contributed by atoms with van der Waals surface area (Å²) in [5.74, 6) is -0.838. The van der Waals surface area contributed by atoms with Crippen LogP contribution >= 0.6 is 0 Å². The van der Waals surface area contributed by atoms with E-state index in [1.54, 1.807) is 0 Å². The van der Waals surface area contributed by atoms with Crippen LogP contribution < -0.4 is 0 Å². The van der Waals surface area contributed by atoms with Crippen molar-refractivity contribution in [2.75, 3.05) is 13.2 Å². The first kappa shape index (κ1) is 69.2. The summed E-state index contributed by atoms with van der Waals surface area (Å²) in [5, 5.41) is 0. The summed E-state index contributed by atoms with van der Waals surface area (Å²) < 4.78 is 17.0. The Balaban J connectivity index is 4.30. The molecule has 0 unspecified atom stereocenters. The van der Waals surface area contributed by atoms with E-state index in [0.29, 0.717) is 19.3 Å². The van der Waals surface area contributed by atoms with Gasteiger partial charge in [0.05, 0.1) is 0 Å². The van der Waals surface area contributed by atoms with Gasteiger partial charge in [0.1, 0.15) is 13.2 Å². The molecule has 0 fully saturated rings. The minimum atomic E-state index is -0.767. The largest absolute Gasteiger partial charge is 0.462 e. The van der Waals surface area contributed by atoms with Gasteiger partial charge in [-0.1, -0.05) is 315 Å². The maximum absolute atomic E-state index is 12.9. The predicted molar refractivity (Wildman–Crippen MR) is 307 cm³/mol. The van der Waals surface area contributed by atoms with E-state index in [2.05, 4.69) is 32.9 Å². The third-order valence-corrected chi connectivity index (χ3v) is 14.8. The fraction of sp³-hybridized carbons (Fsp3) is 0.923. The normalized spacial score (nSPS) is 12.0. The number of ether oxygens (including phenoxy) is 3. The van der Waals surface area contributed by atoms with Gasteiger partial charge in [-0.2, -0.15) is 0 Å². The maximum Gasteiger partial charge on any atom is 0.306 e. The zero-order valence-electron chi connectivity index (χ0n) is 48.3. The summed E-state index contributed by atoms with van der Waals surface area (Å²) in [6.45, 7) is 6.72. The van der Waals surface area contributed by atoms with Crippen LogP contribution in [0, 0.1) is 0 Å². The Kier molecular flexibility index (Phi) is 59.1. The first-order chi connectivity index (χ1) is 35.0. The quantitative estimate of drug-likeness (QED) is 0.0261. The Hall–Kier alpha value is -1.85. The van der Waals surface area contributed by atoms with Gasteiger partial charge in [-0.05, 0) is 44.9 Å². The Morgan fingerprint density at radius 2 is 0.465 bits per heavy atom. The van der Waals surface area contributed by atoms with E-state index in [1.807, 2.05) is 0 Å². The molecule has 6 heteroatoms. The van der Waals surface area contributed by atoms with Gasteiger partial charge in [0.2, 0.25) is 0 Å². The van der Waals surface area contributed by atoms with Crippen molar-refractivity contribution in [3.05, 3.63) is 12.2 Å². The number of carbonyl (C=O) groups is 3. The Labute approximate surface area is 443 Å². The van der Waals surface area contributed by atoms with Gasteiger partial charge in [0.25, 0.3) is 0 Å². The van der Waals surface area contributed by atoms with Gasteiger partial charge in [-0.15, -0.1) is 0 Å². The molecule has 0 amide bonds. The molecule has 0 aromatic heterocycles. The lowest BCUT2D eigenvalue weighted by Gasteiger charge is -2.18. The molecular formula is C65H124O6. The fourth-order valence-electron chi connectivity index (χ4n) is 9.91. The van der Waals surface area contributed by atoms with Crippen LogP contribution in [0.5, 0.6) is 0 Å². The van der Waals surface area contributed by atoms with E-state index in [4.69, 9.17) is 14.2 Å². The lowest BCUT2D eigenvalue weighted by atomic mass is 10.0. The van der Waals surface area contributed by atoms with Gasteiger partial charge >= 0.3 is 17.9 Å². The van der Waals surface area contributed by atoms with E-state index in [0.717, 1.165) is 57.8 Å². The molecule has 71 heavy (non-hydrogen) atoms. The number of allylic oxidation sites excluding steroid dienone is 2. The number of hydrogen-bond acceptors (Lipinski definition) is 6. The summed E-state index contributed by atoms with van der Waals surface area (Å²) in [6.07, 6.45) is 70.7. The average Bonchev–Trinajstić information content (AvgIpc) is 3.37. The van der Waals surface area contributed by atoms with Gasteiger partial charge in [0, 0.05) is 19.3 Å². The smallest absolute Gasteiger partial charge is 0.306 e. The Morgan fingerprint density at radius 1 is 0.268 bits per heavy atom. The third kappa shape index (κ3) is 58.9. The van der Waals surface area contributed by atoms with Crippen LogP contribution in [0.4, 0.5) is 0 Å². The Morgan fingerprint density at radius 3 is 0.704 bits per heavy atom. The summed E-state index contributed by atoms with van der Waals surface area (Å²) in [4.78, 5) is 38.3. The maximum atomic E-state index is 12.9. The van der Waals surface area contributed by atoms with Crippen molar-refractivity contribution in [3.63, 3.8) is 0 Å². The van der Waals surface area contributed by atoms with Crippen LogP contribution in [0.15, 0.2) is 12.2 Å². The predicted octanol–water partition coefficient (Wildman–Crippen LogP) is 21.7. The second kappa shape index (κ2) is 60.7. The zero-order valence-corrected chi connectivity index (χ0v) is 48.3. The molecule has 0 aliphatic heterocycles. The van der Waals surface area contributed by atoms with Crippen LogP contribution in [0.1, 0.15) is 367 Å². The highest BCUT2D eigenvalue weighted by atomic mass is 16.6. The summed E-state index contributed by atoms with van der Waals surface area (Å²) in [5.41, 5.74) is 0. The minimum Gasteiger partial charge on any atom is -0.462 e. The SMILES string of the molecule is CCCCCCCCCC/C=C\CCCCCCCCCC(=O)OC[C@@H](COC(=O)CCCCCCCCCCCCCCCCC)OC(=O)CCCCCCCCCCCCCCCCCCCCC. The molecule has 0 N–H and O–H groups in total. The molecule has 0 rings (SSSR count). The standard InChI is InChI=1S/C65H124O6/c1-4-7-10-13-16-19-22-25-28-30-32-34-37-40-43-46-49-52-55-58-64(67)70-61-62(60-69-63(66)57-54-51-48-45-42-39-36-27-24-21-18-15-12-9-6-3)71-65(68)59-56-53-50-47-44-41-38-35-33-31-29-26-23-20-17-14-11-8-5-2/h30,32,62H,4-29,31,33-61H2,1-3H3/b32-30-/t62-/m1/s1. The summed E-state index contributed by atoms with van der Waals surface area (Å²) >= 11 is 0. The summed E-state index contributed by atoms with van der Waals surface area (Å²) in [6, 6.07) is 0. The van der Waals surface area contributed by atoms with Crippen molar-refractivity contribution in [1.82, 2.24) is 0 Å². The van der Waals surface area contributed by atoms with Gasteiger partial charge in [-0.3, -0.25) is 14.4 Å². The van der Waals surface area contributed by atoms with E-state index >= 15 is 0 Å². The second-order valence-electron chi connectivity index (χ2n) is 22.0. The van der Waals surface area contributed by atoms with Crippen LogP contribution in [0.25, 0.3) is 0 Å². The molecule has 0 saturated heterocycles. The first-order valence-corrected chi connectivity index (χ1v) is 32.2. The van der Waals surface area contributed by atoms with E-state index in [9.17, 15) is 14.4 Å². The van der Waals surface area contributed by atoms with E-state index in [1.165, 1.54) is 270 Å². The van der Waals surface area contributed by atoms with Crippen molar-refractivity contribution in [1.29, 1.82) is 0 Å². The molecule has 1 atom stereocenters. The van der Waals surface area contributed by atoms with Crippen LogP contribution in [0.3, 0.4) is 0 Å². The van der Waals surface area contributed by atoms with Crippen LogP contribution in [-0.2, 0) is 28.6 Å². The second-order valence-corrected chi connectivity index (χ2v) is 22.0. The van der Waals surface area contributed by atoms with Crippen molar-refractivity contribution >= 4 is 17.9 Å². The van der Waals surface area contributed by atoms with E-state index < -0.39 is 6.10 Å². The molecule has 0 aliphatic carbocycles. The Bertz CT molecular complexity index is 1100. The minimum absolute atomic E-state index is 0.0647. The number of hydrogen-bond donors (Lipinski definition) is 0. The number of unbranched alkanes of at least 4 members (excludes halogenated alkanes) is 47. The molecule has 0 bridgehead atoms. The monoisotopic (exact) mass is 1000 g/mol. The molecule has 0 aromatic rings. The van der Waals surface area contributed by atoms with Gasteiger partial charge in [0.15, 0.2) is 6.10 Å². The van der Waals surface area contributed by atoms with Crippen molar-refractivity contribution in [3.8, 4) is 0 Å². The molecule has 0 heterocycles. The molecule has 6 nitrogen and oxygen atoms in total. The fourth-order valence-corrected chi connectivity index (χ4v) is 9.91. The molecule has 0 radical (unpaired) electrons. The zero-order chi connectivity index (χ0) is 51.4. The number of rotatable bonds is 60. The summed E-state index contributed by atoms with van der Waals surface area (Å²) in [7, 11) is 0. The van der Waals surface area contributed by atoms with Crippen molar-refractivity contribution in [2.24, 2.45) is 0 Å².